The third-order valence-electron chi connectivity index (χ3n) is 3.54. The Morgan fingerprint density at radius 1 is 1.19 bits per heavy atom. The minimum Gasteiger partial charge on any atom is -0.302 e. The average Bonchev–Trinajstić information content (AvgIpc) is 2.86. The highest BCUT2D eigenvalue weighted by Gasteiger charge is 2.46. The van der Waals surface area contributed by atoms with Crippen LogP contribution < -0.4 is 5.32 Å². The van der Waals surface area contributed by atoms with Crippen molar-refractivity contribution in [2.24, 2.45) is 0 Å². The van der Waals surface area contributed by atoms with Crippen molar-refractivity contribution in [3.8, 4) is 0 Å². The van der Waals surface area contributed by atoms with Crippen molar-refractivity contribution in [2.75, 3.05) is 0 Å². The van der Waals surface area contributed by atoms with Gasteiger partial charge in [0, 0.05) is 12.1 Å². The number of nitrogens with one attached hydrogen (secondary N) is 1. The molecule has 1 saturated heterocycles. The fraction of sp³-hybridized carbons (Fsp3) is 0.667. The first-order valence-electron chi connectivity index (χ1n) is 6.02. The summed E-state index contributed by atoms with van der Waals surface area (Å²) in [7, 11) is 0. The molecule has 1 atom stereocenters. The SMILES string of the molecule is O=C1CC(NC2CC=CC2)C(=O)N1C1CC1. The van der Waals surface area contributed by atoms with E-state index in [-0.39, 0.29) is 23.9 Å². The van der Waals surface area contributed by atoms with E-state index in [9.17, 15) is 9.59 Å². The predicted octanol–water partition coefficient (Wildman–Crippen LogP) is 0.584. The minimum atomic E-state index is -0.266. The highest BCUT2D eigenvalue weighted by Crippen LogP contribution is 2.31. The zero-order chi connectivity index (χ0) is 11.1. The molecule has 1 aliphatic heterocycles. The first kappa shape index (κ1) is 10.0. The van der Waals surface area contributed by atoms with Crippen LogP contribution in [0.4, 0.5) is 0 Å². The number of hydrogen-bond donors (Lipinski definition) is 1. The molecule has 2 aliphatic carbocycles. The standard InChI is InChI=1S/C12H16N2O2/c15-11-7-10(13-8-3-1-2-4-8)12(16)14(11)9-5-6-9/h1-2,8-10,13H,3-7H2. The number of likely N-dealkylation sites (tertiary alicyclic amines) is 1. The van der Waals surface area contributed by atoms with Gasteiger partial charge >= 0.3 is 0 Å². The Labute approximate surface area is 94.7 Å². The number of amides is 2. The molecule has 1 N–H and O–H groups in total. The van der Waals surface area contributed by atoms with Gasteiger partial charge in [-0.3, -0.25) is 14.5 Å². The van der Waals surface area contributed by atoms with Crippen LogP contribution in [0.5, 0.6) is 0 Å². The lowest BCUT2D eigenvalue weighted by atomic mass is 10.1. The Morgan fingerprint density at radius 3 is 2.50 bits per heavy atom. The Kier molecular flexibility index (Phi) is 2.32. The summed E-state index contributed by atoms with van der Waals surface area (Å²) in [4.78, 5) is 25.2. The van der Waals surface area contributed by atoms with Crippen LogP contribution in [0, 0.1) is 0 Å². The molecule has 1 saturated carbocycles. The van der Waals surface area contributed by atoms with Crippen LogP contribution >= 0.6 is 0 Å². The second-order valence-electron chi connectivity index (χ2n) is 4.90. The maximum Gasteiger partial charge on any atom is 0.247 e. The molecule has 3 rings (SSSR count). The molecule has 3 aliphatic rings. The van der Waals surface area contributed by atoms with Gasteiger partial charge in [-0.05, 0) is 25.7 Å². The molecule has 16 heavy (non-hydrogen) atoms. The predicted molar refractivity (Wildman–Crippen MR) is 58.6 cm³/mol. The Hall–Kier alpha value is -1.16. The highest BCUT2D eigenvalue weighted by molar-refractivity contribution is 6.06. The lowest BCUT2D eigenvalue weighted by Crippen LogP contribution is -2.43. The second kappa shape index (κ2) is 3.70. The molecule has 0 aromatic carbocycles. The van der Waals surface area contributed by atoms with Gasteiger partial charge in [-0.15, -0.1) is 0 Å². The largest absolute Gasteiger partial charge is 0.302 e. The Balaban J connectivity index is 1.63. The van der Waals surface area contributed by atoms with Gasteiger partial charge in [0.25, 0.3) is 0 Å². The number of carbonyl (C=O) groups is 2. The van der Waals surface area contributed by atoms with Gasteiger partial charge < -0.3 is 5.32 Å². The molecule has 2 fully saturated rings. The maximum absolute atomic E-state index is 12.0. The fourth-order valence-electron chi connectivity index (χ4n) is 2.54. The smallest absolute Gasteiger partial charge is 0.247 e. The molecular weight excluding hydrogens is 204 g/mol. The van der Waals surface area contributed by atoms with Crippen LogP contribution in [-0.4, -0.2) is 34.8 Å². The molecular formula is C12H16N2O2. The van der Waals surface area contributed by atoms with Crippen molar-refractivity contribution >= 4 is 11.8 Å². The van der Waals surface area contributed by atoms with Crippen LogP contribution in [0.1, 0.15) is 32.1 Å². The van der Waals surface area contributed by atoms with Gasteiger partial charge in [0.1, 0.15) is 0 Å². The van der Waals surface area contributed by atoms with Crippen molar-refractivity contribution in [1.29, 1.82) is 0 Å². The van der Waals surface area contributed by atoms with Crippen molar-refractivity contribution in [1.82, 2.24) is 10.2 Å². The van der Waals surface area contributed by atoms with E-state index in [1.165, 1.54) is 4.90 Å². The van der Waals surface area contributed by atoms with E-state index in [0.717, 1.165) is 25.7 Å². The first-order valence-corrected chi connectivity index (χ1v) is 6.02. The van der Waals surface area contributed by atoms with Crippen LogP contribution in [0.2, 0.25) is 0 Å². The molecule has 0 spiro atoms. The third-order valence-corrected chi connectivity index (χ3v) is 3.54. The van der Waals surface area contributed by atoms with E-state index >= 15 is 0 Å². The Bertz CT molecular complexity index is 352. The summed E-state index contributed by atoms with van der Waals surface area (Å²) in [6.07, 6.45) is 8.54. The second-order valence-corrected chi connectivity index (χ2v) is 4.90. The number of rotatable bonds is 3. The van der Waals surface area contributed by atoms with E-state index in [4.69, 9.17) is 0 Å². The molecule has 1 heterocycles. The summed E-state index contributed by atoms with van der Waals surface area (Å²) >= 11 is 0. The van der Waals surface area contributed by atoms with Crippen molar-refractivity contribution < 1.29 is 9.59 Å². The monoisotopic (exact) mass is 220 g/mol. The molecule has 4 heteroatoms. The Morgan fingerprint density at radius 2 is 1.88 bits per heavy atom. The van der Waals surface area contributed by atoms with Gasteiger partial charge in [0.05, 0.1) is 12.5 Å². The van der Waals surface area contributed by atoms with Crippen molar-refractivity contribution in [3.05, 3.63) is 12.2 Å². The topological polar surface area (TPSA) is 49.4 Å². The van der Waals surface area contributed by atoms with E-state index in [0.29, 0.717) is 12.5 Å². The number of hydrogen-bond acceptors (Lipinski definition) is 3. The van der Waals surface area contributed by atoms with Gasteiger partial charge in [0.15, 0.2) is 0 Å². The molecule has 4 nitrogen and oxygen atoms in total. The van der Waals surface area contributed by atoms with Crippen LogP contribution in [0.3, 0.4) is 0 Å². The van der Waals surface area contributed by atoms with Crippen LogP contribution in [-0.2, 0) is 9.59 Å². The number of carbonyl (C=O) groups excluding carboxylic acids is 2. The third kappa shape index (κ3) is 1.67. The summed E-state index contributed by atoms with van der Waals surface area (Å²) in [6.45, 7) is 0. The highest BCUT2D eigenvalue weighted by atomic mass is 16.2. The molecule has 0 bridgehead atoms. The molecule has 86 valence electrons. The van der Waals surface area contributed by atoms with E-state index in [1.807, 2.05) is 0 Å². The van der Waals surface area contributed by atoms with Gasteiger partial charge in [-0.25, -0.2) is 0 Å². The van der Waals surface area contributed by atoms with Gasteiger partial charge in [-0.1, -0.05) is 12.2 Å². The van der Waals surface area contributed by atoms with Crippen LogP contribution in [0.15, 0.2) is 12.2 Å². The average molecular weight is 220 g/mol. The molecule has 0 aromatic rings. The summed E-state index contributed by atoms with van der Waals surface area (Å²) in [5, 5.41) is 3.30. The van der Waals surface area contributed by atoms with Crippen LogP contribution in [0.25, 0.3) is 0 Å². The molecule has 2 amide bonds. The summed E-state index contributed by atoms with van der Waals surface area (Å²) in [6, 6.07) is 0.299. The molecule has 0 radical (unpaired) electrons. The lowest BCUT2D eigenvalue weighted by Gasteiger charge is -2.17. The van der Waals surface area contributed by atoms with Gasteiger partial charge in [-0.2, -0.15) is 0 Å². The zero-order valence-corrected chi connectivity index (χ0v) is 9.19. The van der Waals surface area contributed by atoms with Crippen molar-refractivity contribution in [2.45, 2.75) is 50.2 Å². The minimum absolute atomic E-state index is 0.000556. The lowest BCUT2D eigenvalue weighted by molar-refractivity contribution is -0.139. The number of nitrogens with zero attached hydrogens (tertiary/aromatic N) is 1. The fourth-order valence-corrected chi connectivity index (χ4v) is 2.54. The summed E-state index contributed by atoms with van der Waals surface area (Å²) in [5.41, 5.74) is 0. The molecule has 1 unspecified atom stereocenters. The number of imide groups is 1. The summed E-state index contributed by atoms with van der Waals surface area (Å²) < 4.78 is 0. The van der Waals surface area contributed by atoms with Crippen molar-refractivity contribution in [3.63, 3.8) is 0 Å². The first-order chi connectivity index (χ1) is 7.75. The van der Waals surface area contributed by atoms with E-state index < -0.39 is 0 Å². The maximum atomic E-state index is 12.0. The summed E-state index contributed by atoms with van der Waals surface area (Å²) in [5.74, 6) is 0.00959. The zero-order valence-electron chi connectivity index (χ0n) is 9.19. The van der Waals surface area contributed by atoms with Gasteiger partial charge in [0.2, 0.25) is 11.8 Å². The normalized spacial score (nSPS) is 30.8. The quantitative estimate of drug-likeness (QED) is 0.559. The molecule has 0 aromatic heterocycles. The van der Waals surface area contributed by atoms with E-state index in [1.54, 1.807) is 0 Å². The van der Waals surface area contributed by atoms with E-state index in [2.05, 4.69) is 17.5 Å².